The number of ether oxygens (including phenoxy) is 1. The number of halogens is 1. The van der Waals surface area contributed by atoms with Gasteiger partial charge >= 0.3 is 0 Å². The van der Waals surface area contributed by atoms with Gasteiger partial charge in [0.05, 0.1) is 12.7 Å². The quantitative estimate of drug-likeness (QED) is 0.686. The van der Waals surface area contributed by atoms with E-state index >= 15 is 0 Å². The van der Waals surface area contributed by atoms with Crippen LogP contribution in [0, 0.1) is 5.92 Å². The summed E-state index contributed by atoms with van der Waals surface area (Å²) in [5, 5.41) is 0. The van der Waals surface area contributed by atoms with E-state index in [1.54, 1.807) is 0 Å². The van der Waals surface area contributed by atoms with Gasteiger partial charge in [0, 0.05) is 30.8 Å². The van der Waals surface area contributed by atoms with E-state index in [9.17, 15) is 0 Å². The second-order valence-electron chi connectivity index (χ2n) is 4.88. The average molecular weight is 266 g/mol. The fraction of sp³-hybridized carbons (Fsp3) is 1.00. The lowest BCUT2D eigenvalue weighted by atomic mass is 10.2. The van der Waals surface area contributed by atoms with Gasteiger partial charge in [-0.25, -0.2) is 0 Å². The number of rotatable bonds is 6. The summed E-state index contributed by atoms with van der Waals surface area (Å²) >= 11 is 7.76. The van der Waals surface area contributed by atoms with Crippen molar-refractivity contribution in [3.63, 3.8) is 0 Å². The predicted molar refractivity (Wildman–Crippen MR) is 73.7 cm³/mol. The Labute approximate surface area is 109 Å². The highest BCUT2D eigenvalue weighted by atomic mass is 35.5. The maximum Gasteiger partial charge on any atom is 0.0792 e. The van der Waals surface area contributed by atoms with E-state index in [0.717, 1.165) is 37.1 Å². The van der Waals surface area contributed by atoms with Crippen LogP contribution in [0.1, 0.15) is 20.8 Å². The van der Waals surface area contributed by atoms with Crippen molar-refractivity contribution in [2.45, 2.75) is 32.9 Å². The van der Waals surface area contributed by atoms with E-state index in [2.05, 4.69) is 25.7 Å². The van der Waals surface area contributed by atoms with Gasteiger partial charge in [-0.1, -0.05) is 6.92 Å². The highest BCUT2D eigenvalue weighted by Crippen LogP contribution is 2.16. The van der Waals surface area contributed by atoms with Crippen LogP contribution >= 0.6 is 23.4 Å². The summed E-state index contributed by atoms with van der Waals surface area (Å²) in [6.07, 6.45) is 0.406. The molecule has 0 aliphatic carbocycles. The summed E-state index contributed by atoms with van der Waals surface area (Å²) in [6, 6.07) is 0.637. The molecule has 1 heterocycles. The Hall–Kier alpha value is 0.560. The van der Waals surface area contributed by atoms with Gasteiger partial charge in [-0.15, -0.1) is 11.6 Å². The summed E-state index contributed by atoms with van der Waals surface area (Å²) in [5.74, 6) is 3.61. The lowest BCUT2D eigenvalue weighted by Crippen LogP contribution is -2.46. The first kappa shape index (κ1) is 14.6. The smallest absolute Gasteiger partial charge is 0.0792 e. The van der Waals surface area contributed by atoms with Crippen molar-refractivity contribution in [1.29, 1.82) is 0 Å². The molecule has 2 unspecified atom stereocenters. The number of thioether (sulfide) groups is 1. The molecule has 0 spiro atoms. The zero-order valence-corrected chi connectivity index (χ0v) is 12.2. The van der Waals surface area contributed by atoms with Crippen LogP contribution in [0.25, 0.3) is 0 Å². The van der Waals surface area contributed by atoms with Crippen molar-refractivity contribution >= 4 is 23.4 Å². The van der Waals surface area contributed by atoms with Crippen molar-refractivity contribution in [2.24, 2.45) is 5.92 Å². The molecule has 2 nitrogen and oxygen atoms in total. The highest BCUT2D eigenvalue weighted by Gasteiger charge is 2.22. The maximum atomic E-state index is 5.79. The monoisotopic (exact) mass is 265 g/mol. The van der Waals surface area contributed by atoms with Gasteiger partial charge in [-0.05, 0) is 25.5 Å². The molecule has 0 N–H and O–H groups in total. The molecule has 1 aliphatic rings. The molecule has 0 radical (unpaired) electrons. The third-order valence-electron chi connectivity index (χ3n) is 2.87. The largest absolute Gasteiger partial charge is 0.375 e. The van der Waals surface area contributed by atoms with Gasteiger partial charge < -0.3 is 4.74 Å². The zero-order chi connectivity index (χ0) is 12.0. The minimum Gasteiger partial charge on any atom is -0.375 e. The molecule has 0 aromatic carbocycles. The molecular weight excluding hydrogens is 242 g/mol. The van der Waals surface area contributed by atoms with Gasteiger partial charge in [-0.3, -0.25) is 4.90 Å². The Morgan fingerprint density at radius 2 is 2.19 bits per heavy atom. The van der Waals surface area contributed by atoms with E-state index in [0.29, 0.717) is 18.1 Å². The first-order chi connectivity index (χ1) is 7.63. The van der Waals surface area contributed by atoms with Crippen molar-refractivity contribution in [3.05, 3.63) is 0 Å². The molecule has 0 aromatic heterocycles. The second-order valence-corrected chi connectivity index (χ2v) is 6.26. The second kappa shape index (κ2) is 7.80. The number of morpholine rings is 1. The summed E-state index contributed by atoms with van der Waals surface area (Å²) < 4.78 is 5.78. The number of hydrogen-bond acceptors (Lipinski definition) is 3. The minimum absolute atomic E-state index is 0.406. The lowest BCUT2D eigenvalue weighted by molar-refractivity contribution is -0.0265. The van der Waals surface area contributed by atoms with Crippen LogP contribution < -0.4 is 0 Å². The fourth-order valence-corrected chi connectivity index (χ4v) is 3.12. The molecule has 0 aromatic rings. The number of nitrogens with zero attached hydrogens (tertiary/aromatic N) is 1. The van der Waals surface area contributed by atoms with Gasteiger partial charge in [0.15, 0.2) is 0 Å². The van der Waals surface area contributed by atoms with Crippen molar-refractivity contribution in [1.82, 2.24) is 4.90 Å². The summed E-state index contributed by atoms with van der Waals surface area (Å²) in [6.45, 7) is 9.75. The van der Waals surface area contributed by atoms with Crippen LogP contribution in [-0.4, -0.2) is 54.1 Å². The minimum atomic E-state index is 0.406. The third kappa shape index (κ3) is 5.26. The van der Waals surface area contributed by atoms with E-state index in [-0.39, 0.29) is 0 Å². The van der Waals surface area contributed by atoms with E-state index in [1.165, 1.54) is 0 Å². The molecule has 96 valence electrons. The van der Waals surface area contributed by atoms with Crippen LogP contribution in [0.3, 0.4) is 0 Å². The van der Waals surface area contributed by atoms with E-state index < -0.39 is 0 Å². The van der Waals surface area contributed by atoms with Crippen molar-refractivity contribution < 1.29 is 4.74 Å². The van der Waals surface area contributed by atoms with E-state index in [1.807, 2.05) is 11.8 Å². The lowest BCUT2D eigenvalue weighted by Gasteiger charge is -2.35. The molecule has 0 amide bonds. The summed E-state index contributed by atoms with van der Waals surface area (Å²) in [7, 11) is 0. The molecule has 0 bridgehead atoms. The Balaban J connectivity index is 2.17. The highest BCUT2D eigenvalue weighted by molar-refractivity contribution is 7.99. The molecule has 2 atom stereocenters. The zero-order valence-electron chi connectivity index (χ0n) is 10.6. The van der Waals surface area contributed by atoms with Gasteiger partial charge in [0.25, 0.3) is 0 Å². The standard InChI is InChI=1S/C12H24ClNOS/c1-10(2)14-4-5-15-12(7-14)9-16-8-11(3)6-13/h10-12H,4-9H2,1-3H3. The molecule has 1 aliphatic heterocycles. The molecule has 0 saturated carbocycles. The Morgan fingerprint density at radius 1 is 1.44 bits per heavy atom. The first-order valence-electron chi connectivity index (χ1n) is 6.12. The molecular formula is C12H24ClNOS. The predicted octanol–water partition coefficient (Wildman–Crippen LogP) is 2.70. The van der Waals surface area contributed by atoms with Gasteiger partial charge in [-0.2, -0.15) is 11.8 Å². The van der Waals surface area contributed by atoms with Crippen LogP contribution in [0.4, 0.5) is 0 Å². The Bertz CT molecular complexity index is 192. The third-order valence-corrected chi connectivity index (χ3v) is 4.81. The van der Waals surface area contributed by atoms with Crippen LogP contribution in [0.2, 0.25) is 0 Å². The van der Waals surface area contributed by atoms with Crippen LogP contribution in [0.5, 0.6) is 0 Å². The molecule has 1 fully saturated rings. The first-order valence-corrected chi connectivity index (χ1v) is 7.81. The van der Waals surface area contributed by atoms with Gasteiger partial charge in [0.2, 0.25) is 0 Å². The number of hydrogen-bond donors (Lipinski definition) is 0. The molecule has 4 heteroatoms. The van der Waals surface area contributed by atoms with E-state index in [4.69, 9.17) is 16.3 Å². The molecule has 1 saturated heterocycles. The van der Waals surface area contributed by atoms with Crippen molar-refractivity contribution in [2.75, 3.05) is 37.1 Å². The molecule has 16 heavy (non-hydrogen) atoms. The van der Waals surface area contributed by atoms with Crippen molar-refractivity contribution in [3.8, 4) is 0 Å². The summed E-state index contributed by atoms with van der Waals surface area (Å²) in [5.41, 5.74) is 0. The maximum absolute atomic E-state index is 5.79. The Morgan fingerprint density at radius 3 is 2.81 bits per heavy atom. The van der Waals surface area contributed by atoms with Crippen LogP contribution in [-0.2, 0) is 4.74 Å². The fourth-order valence-electron chi connectivity index (χ4n) is 1.76. The summed E-state index contributed by atoms with van der Waals surface area (Å²) in [4.78, 5) is 2.50. The SMILES string of the molecule is CC(CCl)CSCC1CN(C(C)C)CCO1. The van der Waals surface area contributed by atoms with Gasteiger partial charge in [0.1, 0.15) is 0 Å². The Kier molecular flexibility index (Phi) is 7.13. The number of alkyl halides is 1. The average Bonchev–Trinajstić information content (AvgIpc) is 2.29. The molecule has 1 rings (SSSR count). The normalized spacial score (nSPS) is 24.9. The van der Waals surface area contributed by atoms with Crippen LogP contribution in [0.15, 0.2) is 0 Å². The topological polar surface area (TPSA) is 12.5 Å².